The van der Waals surface area contributed by atoms with Crippen molar-refractivity contribution in [2.75, 3.05) is 0 Å². The molecule has 0 fully saturated rings. The fraction of sp³-hybridized carbons (Fsp3) is 0. The van der Waals surface area contributed by atoms with Gasteiger partial charge in [0.15, 0.2) is 5.58 Å². The van der Waals surface area contributed by atoms with Crippen molar-refractivity contribution in [3.63, 3.8) is 0 Å². The van der Waals surface area contributed by atoms with Crippen LogP contribution in [0.25, 0.3) is 105 Å². The van der Waals surface area contributed by atoms with Crippen LogP contribution in [-0.4, -0.2) is 9.55 Å². The highest BCUT2D eigenvalue weighted by atomic mass is 16.3. The minimum atomic E-state index is 0.629. The molecule has 0 aliphatic heterocycles. The van der Waals surface area contributed by atoms with Crippen molar-refractivity contribution in [3.05, 3.63) is 206 Å². The third kappa shape index (κ3) is 5.40. The number of hydrogen-bond acceptors (Lipinski definition) is 2. The van der Waals surface area contributed by atoms with E-state index >= 15 is 0 Å². The average Bonchev–Trinajstić information content (AvgIpc) is 3.86. The second kappa shape index (κ2) is 13.1. The van der Waals surface area contributed by atoms with Crippen LogP contribution >= 0.6 is 0 Å². The van der Waals surface area contributed by atoms with Gasteiger partial charge in [0.1, 0.15) is 5.52 Å². The second-order valence-corrected chi connectivity index (χ2v) is 14.4. The number of fused-ring (bicyclic) bond motifs is 5. The Morgan fingerprint density at radius 2 is 0.875 bits per heavy atom. The Morgan fingerprint density at radius 1 is 0.357 bits per heavy atom. The molecular formula is C53H34N2O. The zero-order chi connectivity index (χ0) is 37.0. The van der Waals surface area contributed by atoms with Crippen LogP contribution in [0.2, 0.25) is 0 Å². The number of rotatable bonds is 6. The molecule has 3 heteroatoms. The standard InChI is InChI=1S/C53H34N2O/c1-2-14-42(15-3-1)55-50-30-28-40(39-27-22-35-12-4-5-13-38(35)32-39)33-47(50)48-34-41(29-31-51(48)55)44-17-7-9-19-46(44)45-18-8-6-16-43(45)36-23-25-37(26-24-36)53-54-49-20-10-11-21-52(49)56-53/h1-34H. The van der Waals surface area contributed by atoms with E-state index in [0.29, 0.717) is 5.89 Å². The molecule has 9 aromatic carbocycles. The topological polar surface area (TPSA) is 31.0 Å². The van der Waals surface area contributed by atoms with Crippen LogP contribution in [0.5, 0.6) is 0 Å². The number of benzene rings is 9. The Bertz CT molecular complexity index is 3210. The summed E-state index contributed by atoms with van der Waals surface area (Å²) < 4.78 is 8.47. The van der Waals surface area contributed by atoms with Gasteiger partial charge in [-0.25, -0.2) is 4.98 Å². The van der Waals surface area contributed by atoms with Crippen molar-refractivity contribution >= 4 is 43.7 Å². The van der Waals surface area contributed by atoms with E-state index in [9.17, 15) is 0 Å². The van der Waals surface area contributed by atoms with Gasteiger partial charge in [0.05, 0.1) is 11.0 Å². The van der Waals surface area contributed by atoms with Crippen molar-refractivity contribution in [2.45, 2.75) is 0 Å². The van der Waals surface area contributed by atoms with Crippen LogP contribution in [0.3, 0.4) is 0 Å². The lowest BCUT2D eigenvalue weighted by molar-refractivity contribution is 0.620. The number of aromatic nitrogens is 2. The minimum absolute atomic E-state index is 0.629. The van der Waals surface area contributed by atoms with Gasteiger partial charge in [-0.2, -0.15) is 0 Å². The van der Waals surface area contributed by atoms with Crippen LogP contribution in [0, 0.1) is 0 Å². The van der Waals surface area contributed by atoms with Crippen molar-refractivity contribution < 1.29 is 4.42 Å². The summed E-state index contributed by atoms with van der Waals surface area (Å²) in [6, 6.07) is 73.8. The van der Waals surface area contributed by atoms with E-state index in [2.05, 4.69) is 187 Å². The average molecular weight is 715 g/mol. The maximum absolute atomic E-state index is 6.07. The maximum Gasteiger partial charge on any atom is 0.227 e. The van der Waals surface area contributed by atoms with Gasteiger partial charge in [0.25, 0.3) is 0 Å². The fourth-order valence-electron chi connectivity index (χ4n) is 8.32. The Kier molecular flexibility index (Phi) is 7.49. The number of oxazole rings is 1. The first-order chi connectivity index (χ1) is 27.7. The summed E-state index contributed by atoms with van der Waals surface area (Å²) in [6.07, 6.45) is 0. The Morgan fingerprint density at radius 3 is 1.61 bits per heavy atom. The first-order valence-corrected chi connectivity index (χ1v) is 19.0. The van der Waals surface area contributed by atoms with Crippen molar-refractivity contribution in [1.82, 2.24) is 9.55 Å². The van der Waals surface area contributed by atoms with E-state index in [4.69, 9.17) is 9.40 Å². The molecule has 0 aliphatic carbocycles. The summed E-state index contributed by atoms with van der Waals surface area (Å²) in [5.41, 5.74) is 15.6. The summed E-state index contributed by atoms with van der Waals surface area (Å²) in [5.74, 6) is 0.629. The third-order valence-corrected chi connectivity index (χ3v) is 11.1. The van der Waals surface area contributed by atoms with Gasteiger partial charge in [-0.05, 0) is 122 Å². The van der Waals surface area contributed by atoms with Gasteiger partial charge in [-0.15, -0.1) is 0 Å². The van der Waals surface area contributed by atoms with Crippen molar-refractivity contribution in [3.8, 4) is 61.6 Å². The van der Waals surface area contributed by atoms with E-state index in [-0.39, 0.29) is 0 Å². The molecule has 0 saturated heterocycles. The van der Waals surface area contributed by atoms with Gasteiger partial charge < -0.3 is 8.98 Å². The first kappa shape index (κ1) is 32.0. The molecular weight excluding hydrogens is 681 g/mol. The van der Waals surface area contributed by atoms with E-state index in [0.717, 1.165) is 27.9 Å². The molecule has 0 spiro atoms. The predicted molar refractivity (Wildman–Crippen MR) is 233 cm³/mol. The highest BCUT2D eigenvalue weighted by molar-refractivity contribution is 6.12. The molecule has 0 atom stereocenters. The third-order valence-electron chi connectivity index (χ3n) is 11.1. The molecule has 0 saturated carbocycles. The number of para-hydroxylation sites is 3. The van der Waals surface area contributed by atoms with Crippen LogP contribution in [-0.2, 0) is 0 Å². The largest absolute Gasteiger partial charge is 0.436 e. The van der Waals surface area contributed by atoms with Crippen LogP contribution in [0.1, 0.15) is 0 Å². The van der Waals surface area contributed by atoms with Crippen LogP contribution < -0.4 is 0 Å². The molecule has 0 amide bonds. The van der Waals surface area contributed by atoms with E-state index in [1.165, 1.54) is 71.5 Å². The lowest BCUT2D eigenvalue weighted by Crippen LogP contribution is -1.93. The molecule has 0 unspecified atom stereocenters. The van der Waals surface area contributed by atoms with Crippen molar-refractivity contribution in [1.29, 1.82) is 0 Å². The maximum atomic E-state index is 6.07. The van der Waals surface area contributed by atoms with Crippen LogP contribution in [0.15, 0.2) is 211 Å². The Hall–Kier alpha value is -7.49. The van der Waals surface area contributed by atoms with Gasteiger partial charge in [-0.3, -0.25) is 0 Å². The SMILES string of the molecule is c1ccc(-n2c3ccc(-c4ccc5ccccc5c4)cc3c3cc(-c4ccccc4-c4ccccc4-c4ccc(-c5nc6ccccc6o5)cc4)ccc32)cc1. The predicted octanol–water partition coefficient (Wildman–Crippen LogP) is 14.4. The summed E-state index contributed by atoms with van der Waals surface area (Å²) >= 11 is 0. The molecule has 2 heterocycles. The molecule has 11 rings (SSSR count). The monoisotopic (exact) mass is 714 g/mol. The zero-order valence-electron chi connectivity index (χ0n) is 30.4. The molecule has 0 aliphatic rings. The highest BCUT2D eigenvalue weighted by Crippen LogP contribution is 2.42. The lowest BCUT2D eigenvalue weighted by atomic mass is 9.89. The minimum Gasteiger partial charge on any atom is -0.436 e. The summed E-state index contributed by atoms with van der Waals surface area (Å²) in [4.78, 5) is 4.72. The molecule has 56 heavy (non-hydrogen) atoms. The summed E-state index contributed by atoms with van der Waals surface area (Å²) in [6.45, 7) is 0. The lowest BCUT2D eigenvalue weighted by Gasteiger charge is -2.15. The van der Waals surface area contributed by atoms with Gasteiger partial charge >= 0.3 is 0 Å². The summed E-state index contributed by atoms with van der Waals surface area (Å²) in [7, 11) is 0. The summed E-state index contributed by atoms with van der Waals surface area (Å²) in [5, 5.41) is 4.95. The van der Waals surface area contributed by atoms with Crippen LogP contribution in [0.4, 0.5) is 0 Å². The molecule has 0 N–H and O–H groups in total. The van der Waals surface area contributed by atoms with Gasteiger partial charge in [0, 0.05) is 22.0 Å². The fourth-order valence-corrected chi connectivity index (χ4v) is 8.32. The van der Waals surface area contributed by atoms with Gasteiger partial charge in [-0.1, -0.05) is 140 Å². The normalized spacial score (nSPS) is 11.6. The molecule has 0 radical (unpaired) electrons. The molecule has 0 bridgehead atoms. The number of nitrogens with zero attached hydrogens (tertiary/aromatic N) is 2. The molecule has 11 aromatic rings. The Balaban J connectivity index is 1.04. The van der Waals surface area contributed by atoms with E-state index in [1.54, 1.807) is 0 Å². The van der Waals surface area contributed by atoms with E-state index < -0.39 is 0 Å². The Labute approximate surface area is 324 Å². The van der Waals surface area contributed by atoms with Gasteiger partial charge in [0.2, 0.25) is 5.89 Å². The smallest absolute Gasteiger partial charge is 0.227 e. The quantitative estimate of drug-likeness (QED) is 0.172. The molecule has 2 aromatic heterocycles. The molecule has 3 nitrogen and oxygen atoms in total. The first-order valence-electron chi connectivity index (χ1n) is 19.0. The second-order valence-electron chi connectivity index (χ2n) is 14.4. The molecule has 262 valence electrons. The highest BCUT2D eigenvalue weighted by Gasteiger charge is 2.18. The van der Waals surface area contributed by atoms with E-state index in [1.807, 2.05) is 24.3 Å². The zero-order valence-corrected chi connectivity index (χ0v) is 30.4. The van der Waals surface area contributed by atoms with Crippen molar-refractivity contribution in [2.24, 2.45) is 0 Å². The number of hydrogen-bond donors (Lipinski definition) is 0.